The number of hydrogen-bond donors (Lipinski definition) is 0. The summed E-state index contributed by atoms with van der Waals surface area (Å²) in [6.45, 7) is 14.5. The summed E-state index contributed by atoms with van der Waals surface area (Å²) in [6.07, 6.45) is 1.52. The van der Waals surface area contributed by atoms with Crippen molar-refractivity contribution in [3.05, 3.63) is 41.5 Å². The van der Waals surface area contributed by atoms with Crippen LogP contribution >= 0.6 is 0 Å². The van der Waals surface area contributed by atoms with E-state index in [0.29, 0.717) is 16.7 Å². The Kier molecular flexibility index (Phi) is 5.17. The Bertz CT molecular complexity index is 586. The van der Waals surface area contributed by atoms with Gasteiger partial charge in [0.1, 0.15) is 11.2 Å². The van der Waals surface area contributed by atoms with Crippen LogP contribution in [-0.4, -0.2) is 23.1 Å². The molecular weight excluding hydrogens is 280 g/mol. The molecule has 0 heterocycles. The second-order valence-corrected chi connectivity index (χ2v) is 7.01. The molecule has 4 heteroatoms. The summed E-state index contributed by atoms with van der Waals surface area (Å²) in [5, 5.41) is 0. The summed E-state index contributed by atoms with van der Waals surface area (Å²) < 4.78 is 10.7. The molecule has 0 aromatic heterocycles. The van der Waals surface area contributed by atoms with Crippen molar-refractivity contribution in [2.75, 3.05) is 0 Å². The van der Waals surface area contributed by atoms with Gasteiger partial charge in [-0.05, 0) is 65.3 Å². The smallest absolute Gasteiger partial charge is 0.339 e. The summed E-state index contributed by atoms with van der Waals surface area (Å²) in [5.74, 6) is -0.885. The highest BCUT2D eigenvalue weighted by Crippen LogP contribution is 2.20. The van der Waals surface area contributed by atoms with Gasteiger partial charge in [-0.3, -0.25) is 0 Å². The van der Waals surface area contributed by atoms with Gasteiger partial charge in [-0.25, -0.2) is 9.59 Å². The van der Waals surface area contributed by atoms with Gasteiger partial charge in [-0.2, -0.15) is 0 Å². The van der Waals surface area contributed by atoms with Gasteiger partial charge < -0.3 is 9.47 Å². The van der Waals surface area contributed by atoms with Crippen molar-refractivity contribution in [2.24, 2.45) is 0 Å². The number of benzene rings is 1. The van der Waals surface area contributed by atoms with Gasteiger partial charge in [-0.1, -0.05) is 12.7 Å². The highest BCUT2D eigenvalue weighted by molar-refractivity contribution is 5.97. The molecule has 1 rings (SSSR count). The largest absolute Gasteiger partial charge is 0.456 e. The van der Waals surface area contributed by atoms with Crippen molar-refractivity contribution >= 4 is 18.0 Å². The molecule has 0 aliphatic rings. The minimum absolute atomic E-state index is 0.372. The number of carbonyl (C=O) groups is 2. The molecule has 0 atom stereocenters. The van der Waals surface area contributed by atoms with Crippen LogP contribution in [-0.2, 0) is 9.47 Å². The Morgan fingerprint density at radius 1 is 0.955 bits per heavy atom. The summed E-state index contributed by atoms with van der Waals surface area (Å²) in [6, 6.07) is 4.70. The fourth-order valence-electron chi connectivity index (χ4n) is 1.71. The molecule has 4 nitrogen and oxygen atoms in total. The molecule has 22 heavy (non-hydrogen) atoms. The van der Waals surface area contributed by atoms with Crippen LogP contribution in [0.1, 0.15) is 67.8 Å². The van der Waals surface area contributed by atoms with E-state index in [9.17, 15) is 9.59 Å². The van der Waals surface area contributed by atoms with Gasteiger partial charge in [0, 0.05) is 0 Å². The monoisotopic (exact) mass is 304 g/mol. The zero-order valence-corrected chi connectivity index (χ0v) is 14.1. The Labute approximate surface area is 132 Å². The minimum atomic E-state index is -0.584. The van der Waals surface area contributed by atoms with Crippen LogP contribution in [0.5, 0.6) is 0 Å². The van der Waals surface area contributed by atoms with Crippen molar-refractivity contribution in [3.63, 3.8) is 0 Å². The van der Waals surface area contributed by atoms with Crippen molar-refractivity contribution in [2.45, 2.75) is 52.7 Å². The molecule has 0 unspecified atom stereocenters. The van der Waals surface area contributed by atoms with E-state index < -0.39 is 23.1 Å². The normalized spacial score (nSPS) is 11.7. The van der Waals surface area contributed by atoms with Gasteiger partial charge in [0.25, 0.3) is 0 Å². The second-order valence-electron chi connectivity index (χ2n) is 7.01. The molecule has 0 fully saturated rings. The highest BCUT2D eigenvalue weighted by Gasteiger charge is 2.22. The van der Waals surface area contributed by atoms with E-state index in [4.69, 9.17) is 9.47 Å². The maximum Gasteiger partial charge on any atom is 0.339 e. The molecule has 0 amide bonds. The minimum Gasteiger partial charge on any atom is -0.456 e. The third kappa shape index (κ3) is 5.35. The molecular formula is C18H24O4. The van der Waals surface area contributed by atoms with Gasteiger partial charge in [0.15, 0.2) is 0 Å². The Balaban J connectivity index is 3.09. The van der Waals surface area contributed by atoms with E-state index in [1.54, 1.807) is 59.7 Å². The third-order valence-corrected chi connectivity index (χ3v) is 2.52. The van der Waals surface area contributed by atoms with Crippen LogP contribution in [0.25, 0.3) is 6.08 Å². The lowest BCUT2D eigenvalue weighted by Crippen LogP contribution is -2.25. The van der Waals surface area contributed by atoms with Gasteiger partial charge in [0.05, 0.1) is 11.1 Å². The van der Waals surface area contributed by atoms with E-state index in [1.807, 2.05) is 0 Å². The molecule has 0 saturated carbocycles. The molecule has 0 aliphatic carbocycles. The molecule has 1 aromatic rings. The van der Waals surface area contributed by atoms with Crippen molar-refractivity contribution in [1.82, 2.24) is 0 Å². The third-order valence-electron chi connectivity index (χ3n) is 2.52. The van der Waals surface area contributed by atoms with Gasteiger partial charge in [0.2, 0.25) is 0 Å². The SMILES string of the molecule is C=Cc1cc(C(=O)OC(C)(C)C)ccc1C(=O)OC(C)(C)C. The molecule has 1 aromatic carbocycles. The lowest BCUT2D eigenvalue weighted by atomic mass is 10.0. The molecule has 0 saturated heterocycles. The quantitative estimate of drug-likeness (QED) is 0.784. The maximum absolute atomic E-state index is 12.2. The highest BCUT2D eigenvalue weighted by atomic mass is 16.6. The van der Waals surface area contributed by atoms with Crippen LogP contribution < -0.4 is 0 Å². The standard InChI is InChI=1S/C18H24O4/c1-8-12-11-13(15(19)21-17(2,3)4)9-10-14(12)16(20)22-18(5,6)7/h8-11H,1H2,2-7H3. The number of carbonyl (C=O) groups excluding carboxylic acids is 2. The lowest BCUT2D eigenvalue weighted by molar-refractivity contribution is 0.00516. The zero-order valence-electron chi connectivity index (χ0n) is 14.1. The summed E-state index contributed by atoms with van der Waals surface area (Å²) in [7, 11) is 0. The van der Waals surface area contributed by atoms with E-state index in [-0.39, 0.29) is 0 Å². The molecule has 0 N–H and O–H groups in total. The summed E-state index contributed by atoms with van der Waals surface area (Å²) in [5.41, 5.74) is 0.126. The topological polar surface area (TPSA) is 52.6 Å². The average molecular weight is 304 g/mol. The lowest BCUT2D eigenvalue weighted by Gasteiger charge is -2.21. The number of rotatable bonds is 3. The second kappa shape index (κ2) is 6.34. The van der Waals surface area contributed by atoms with E-state index in [0.717, 1.165) is 0 Å². The first-order valence-corrected chi connectivity index (χ1v) is 7.16. The van der Waals surface area contributed by atoms with Crippen molar-refractivity contribution in [1.29, 1.82) is 0 Å². The fourth-order valence-corrected chi connectivity index (χ4v) is 1.71. The first-order valence-electron chi connectivity index (χ1n) is 7.16. The predicted molar refractivity (Wildman–Crippen MR) is 86.9 cm³/mol. The molecule has 0 aliphatic heterocycles. The summed E-state index contributed by atoms with van der Waals surface area (Å²) in [4.78, 5) is 24.2. The predicted octanol–water partition coefficient (Wildman–Crippen LogP) is 4.24. The van der Waals surface area contributed by atoms with Crippen LogP contribution in [0.3, 0.4) is 0 Å². The molecule has 0 spiro atoms. The molecule has 0 radical (unpaired) electrons. The Morgan fingerprint density at radius 2 is 1.45 bits per heavy atom. The van der Waals surface area contributed by atoms with Gasteiger partial charge >= 0.3 is 11.9 Å². The number of esters is 2. The van der Waals surface area contributed by atoms with Crippen molar-refractivity contribution < 1.29 is 19.1 Å². The Hall–Kier alpha value is -2.10. The van der Waals surface area contributed by atoms with Crippen LogP contribution in [0.15, 0.2) is 24.8 Å². The average Bonchev–Trinajstić information content (AvgIpc) is 2.33. The van der Waals surface area contributed by atoms with E-state index >= 15 is 0 Å². The first-order chi connectivity index (χ1) is 9.93. The van der Waals surface area contributed by atoms with Crippen LogP contribution in [0.4, 0.5) is 0 Å². The number of ether oxygens (including phenoxy) is 2. The number of hydrogen-bond acceptors (Lipinski definition) is 4. The maximum atomic E-state index is 12.2. The zero-order chi connectivity index (χ0) is 17.1. The summed E-state index contributed by atoms with van der Waals surface area (Å²) >= 11 is 0. The van der Waals surface area contributed by atoms with Gasteiger partial charge in [-0.15, -0.1) is 0 Å². The Morgan fingerprint density at radius 3 is 1.91 bits per heavy atom. The van der Waals surface area contributed by atoms with Crippen LogP contribution in [0, 0.1) is 0 Å². The fraction of sp³-hybridized carbons (Fsp3) is 0.444. The van der Waals surface area contributed by atoms with E-state index in [2.05, 4.69) is 6.58 Å². The molecule has 120 valence electrons. The van der Waals surface area contributed by atoms with E-state index in [1.165, 1.54) is 6.08 Å². The van der Waals surface area contributed by atoms with Crippen LogP contribution in [0.2, 0.25) is 0 Å². The molecule has 0 bridgehead atoms. The first kappa shape index (κ1) is 18.0. The van der Waals surface area contributed by atoms with Crippen molar-refractivity contribution in [3.8, 4) is 0 Å².